The molecule has 0 spiro atoms. The third-order valence-electron chi connectivity index (χ3n) is 5.84. The molecule has 0 N–H and O–H groups in total. The molecule has 0 aliphatic heterocycles. The van der Waals surface area contributed by atoms with E-state index in [0.717, 1.165) is 26.1 Å². The lowest BCUT2D eigenvalue weighted by Crippen LogP contribution is -2.22. The van der Waals surface area contributed by atoms with E-state index in [1.807, 2.05) is 0 Å². The first-order chi connectivity index (χ1) is 13.1. The van der Waals surface area contributed by atoms with Crippen molar-refractivity contribution in [3.8, 4) is 0 Å². The van der Waals surface area contributed by atoms with E-state index in [1.54, 1.807) is 0 Å². The summed E-state index contributed by atoms with van der Waals surface area (Å²) in [7, 11) is 0. The van der Waals surface area contributed by atoms with Crippen molar-refractivity contribution in [1.82, 2.24) is 0 Å². The van der Waals surface area contributed by atoms with Crippen molar-refractivity contribution in [2.45, 2.75) is 53.4 Å². The van der Waals surface area contributed by atoms with Crippen molar-refractivity contribution in [3.63, 3.8) is 0 Å². The zero-order valence-corrected chi connectivity index (χ0v) is 17.7. The minimum atomic E-state index is 0.632. The molecular weight excluding hydrogens is 328 g/mol. The first kappa shape index (κ1) is 21.7. The van der Waals surface area contributed by atoms with Gasteiger partial charge in [-0.15, -0.1) is 0 Å². The number of hydrogen-bond acceptors (Lipinski definition) is 1. The van der Waals surface area contributed by atoms with Gasteiger partial charge in [-0.2, -0.15) is 0 Å². The fourth-order valence-electron chi connectivity index (χ4n) is 3.58. The zero-order valence-electron chi connectivity index (χ0n) is 17.7. The maximum Gasteiger partial charge on any atom is 0.0496 e. The van der Waals surface area contributed by atoms with Crippen LogP contribution in [0.15, 0.2) is 60.7 Å². The van der Waals surface area contributed by atoms with Crippen LogP contribution in [0.4, 0.5) is 0 Å². The van der Waals surface area contributed by atoms with Crippen LogP contribution in [0.2, 0.25) is 0 Å². The summed E-state index contributed by atoms with van der Waals surface area (Å²) in [5, 5.41) is 0. The van der Waals surface area contributed by atoms with Gasteiger partial charge >= 0.3 is 0 Å². The van der Waals surface area contributed by atoms with Crippen molar-refractivity contribution in [2.24, 2.45) is 23.7 Å². The Morgan fingerprint density at radius 2 is 0.963 bits per heavy atom. The molecule has 1 nitrogen and oxygen atoms in total. The second kappa shape index (κ2) is 12.0. The van der Waals surface area contributed by atoms with E-state index in [1.165, 1.54) is 24.0 Å². The predicted octanol–water partition coefficient (Wildman–Crippen LogP) is 6.81. The Morgan fingerprint density at radius 3 is 1.30 bits per heavy atom. The topological polar surface area (TPSA) is 9.23 Å². The predicted molar refractivity (Wildman–Crippen MR) is 117 cm³/mol. The van der Waals surface area contributed by atoms with Crippen LogP contribution in [0.25, 0.3) is 0 Å². The second-order valence-electron chi connectivity index (χ2n) is 8.59. The van der Waals surface area contributed by atoms with E-state index >= 15 is 0 Å². The standard InChI is InChI=1S/C26H38O/c1-21(2)25(17-15-23-11-7-5-8-12-23)19-27-20-26(22(3)4)18-16-24-13-9-6-10-14-24/h5-14,21-22,25-26H,15-20H2,1-4H3. The van der Waals surface area contributed by atoms with E-state index < -0.39 is 0 Å². The number of ether oxygens (including phenoxy) is 1. The van der Waals surface area contributed by atoms with Gasteiger partial charge in [0.05, 0.1) is 0 Å². The third kappa shape index (κ3) is 8.30. The average molecular weight is 367 g/mol. The van der Waals surface area contributed by atoms with Crippen LogP contribution in [0, 0.1) is 23.7 Å². The van der Waals surface area contributed by atoms with E-state index in [2.05, 4.69) is 88.4 Å². The highest BCUT2D eigenvalue weighted by Gasteiger charge is 2.17. The van der Waals surface area contributed by atoms with Gasteiger partial charge in [-0.25, -0.2) is 0 Å². The van der Waals surface area contributed by atoms with Crippen molar-refractivity contribution in [2.75, 3.05) is 13.2 Å². The van der Waals surface area contributed by atoms with Crippen LogP contribution >= 0.6 is 0 Å². The maximum atomic E-state index is 6.26. The average Bonchev–Trinajstić information content (AvgIpc) is 2.67. The molecule has 2 unspecified atom stereocenters. The molecule has 0 aliphatic rings. The van der Waals surface area contributed by atoms with Gasteiger partial charge in [0.1, 0.15) is 0 Å². The van der Waals surface area contributed by atoms with E-state index in [9.17, 15) is 0 Å². The van der Waals surface area contributed by atoms with Crippen molar-refractivity contribution in [3.05, 3.63) is 71.8 Å². The summed E-state index contributed by atoms with van der Waals surface area (Å²) in [5.74, 6) is 2.59. The molecule has 0 aliphatic carbocycles. The van der Waals surface area contributed by atoms with Gasteiger partial charge in [0.15, 0.2) is 0 Å². The summed E-state index contributed by atoms with van der Waals surface area (Å²) in [6.45, 7) is 11.1. The highest BCUT2D eigenvalue weighted by Crippen LogP contribution is 2.22. The van der Waals surface area contributed by atoms with Gasteiger partial charge in [0.2, 0.25) is 0 Å². The second-order valence-corrected chi connectivity index (χ2v) is 8.59. The fraction of sp³-hybridized carbons (Fsp3) is 0.538. The smallest absolute Gasteiger partial charge is 0.0496 e. The molecule has 1 heteroatoms. The fourth-order valence-corrected chi connectivity index (χ4v) is 3.58. The van der Waals surface area contributed by atoms with Gasteiger partial charge in [-0.3, -0.25) is 0 Å². The summed E-state index contributed by atoms with van der Waals surface area (Å²) in [6.07, 6.45) is 4.71. The van der Waals surface area contributed by atoms with Crippen molar-refractivity contribution >= 4 is 0 Å². The van der Waals surface area contributed by atoms with Crippen LogP contribution in [0.5, 0.6) is 0 Å². The molecule has 0 radical (unpaired) electrons. The van der Waals surface area contributed by atoms with Crippen LogP contribution in [-0.2, 0) is 17.6 Å². The van der Waals surface area contributed by atoms with Crippen LogP contribution in [-0.4, -0.2) is 13.2 Å². The number of rotatable bonds is 12. The number of hydrogen-bond donors (Lipinski definition) is 0. The Labute approximate surface area is 167 Å². The molecule has 2 aromatic rings. The minimum Gasteiger partial charge on any atom is -0.381 e. The SMILES string of the molecule is CC(C)C(CCc1ccccc1)COCC(CCc1ccccc1)C(C)C. The number of benzene rings is 2. The Kier molecular flexibility index (Phi) is 9.62. The molecule has 27 heavy (non-hydrogen) atoms. The molecule has 148 valence electrons. The summed E-state index contributed by atoms with van der Waals surface area (Å²) in [5.41, 5.74) is 2.87. The lowest BCUT2D eigenvalue weighted by molar-refractivity contribution is 0.0420. The molecule has 0 aromatic heterocycles. The molecule has 0 saturated carbocycles. The lowest BCUT2D eigenvalue weighted by Gasteiger charge is -2.25. The van der Waals surface area contributed by atoms with Gasteiger partial charge in [0, 0.05) is 13.2 Å². The van der Waals surface area contributed by atoms with Gasteiger partial charge in [-0.1, -0.05) is 88.4 Å². The molecule has 0 saturated heterocycles. The molecule has 0 amide bonds. The highest BCUT2D eigenvalue weighted by molar-refractivity contribution is 5.15. The Hall–Kier alpha value is -1.60. The van der Waals surface area contributed by atoms with Gasteiger partial charge in [-0.05, 0) is 60.5 Å². The van der Waals surface area contributed by atoms with Crippen LogP contribution in [0.1, 0.15) is 51.7 Å². The minimum absolute atomic E-state index is 0.632. The van der Waals surface area contributed by atoms with Gasteiger partial charge in [0.25, 0.3) is 0 Å². The molecular formula is C26H38O. The van der Waals surface area contributed by atoms with Crippen LogP contribution < -0.4 is 0 Å². The quantitative estimate of drug-likeness (QED) is 0.401. The first-order valence-electron chi connectivity index (χ1n) is 10.7. The van der Waals surface area contributed by atoms with E-state index in [-0.39, 0.29) is 0 Å². The molecule has 0 fully saturated rings. The maximum absolute atomic E-state index is 6.26. The molecule has 0 heterocycles. The Bertz CT molecular complexity index is 547. The summed E-state index contributed by atoms with van der Waals surface area (Å²) >= 11 is 0. The van der Waals surface area contributed by atoms with E-state index in [0.29, 0.717) is 23.7 Å². The Morgan fingerprint density at radius 1 is 0.593 bits per heavy atom. The van der Waals surface area contributed by atoms with Crippen LogP contribution in [0.3, 0.4) is 0 Å². The highest BCUT2D eigenvalue weighted by atomic mass is 16.5. The lowest BCUT2D eigenvalue weighted by atomic mass is 9.89. The van der Waals surface area contributed by atoms with E-state index in [4.69, 9.17) is 4.74 Å². The molecule has 2 aromatic carbocycles. The summed E-state index contributed by atoms with van der Waals surface area (Å²) in [6, 6.07) is 21.7. The molecule has 0 bridgehead atoms. The first-order valence-corrected chi connectivity index (χ1v) is 10.7. The summed E-state index contributed by atoms with van der Waals surface area (Å²) < 4.78 is 6.26. The van der Waals surface area contributed by atoms with Crippen molar-refractivity contribution in [1.29, 1.82) is 0 Å². The van der Waals surface area contributed by atoms with Gasteiger partial charge < -0.3 is 4.74 Å². The normalized spacial score (nSPS) is 13.9. The third-order valence-corrected chi connectivity index (χ3v) is 5.84. The molecule has 2 rings (SSSR count). The molecule has 2 atom stereocenters. The largest absolute Gasteiger partial charge is 0.381 e. The Balaban J connectivity index is 1.76. The zero-order chi connectivity index (χ0) is 19.5. The number of aryl methyl sites for hydroxylation is 2. The monoisotopic (exact) mass is 366 g/mol. The van der Waals surface area contributed by atoms with Crippen molar-refractivity contribution < 1.29 is 4.74 Å². The summed E-state index contributed by atoms with van der Waals surface area (Å²) in [4.78, 5) is 0.